The van der Waals surface area contributed by atoms with Crippen molar-refractivity contribution in [2.45, 2.75) is 45.9 Å². The molecule has 0 aromatic carbocycles. The zero-order valence-electron chi connectivity index (χ0n) is 11.6. The fraction of sp³-hybridized carbons (Fsp3) is 0.846. The molecule has 102 valence electrons. The van der Waals surface area contributed by atoms with Crippen LogP contribution in [0.25, 0.3) is 0 Å². The first-order valence-electron chi connectivity index (χ1n) is 6.73. The summed E-state index contributed by atoms with van der Waals surface area (Å²) in [7, 11) is 0. The van der Waals surface area contributed by atoms with Gasteiger partial charge in [-0.1, -0.05) is 13.8 Å². The van der Waals surface area contributed by atoms with Gasteiger partial charge >= 0.3 is 0 Å². The van der Waals surface area contributed by atoms with Gasteiger partial charge in [-0.2, -0.15) is 0 Å². The van der Waals surface area contributed by atoms with E-state index in [-0.39, 0.29) is 24.0 Å². The molecule has 0 bridgehead atoms. The van der Waals surface area contributed by atoms with Gasteiger partial charge in [0, 0.05) is 19.1 Å². The molecule has 1 fully saturated rings. The monoisotopic (exact) mass is 253 g/mol. The van der Waals surface area contributed by atoms with Gasteiger partial charge in [-0.15, -0.1) is 0 Å². The normalized spacial score (nSPS) is 29.9. The standard InChI is InChI=1S/C13H23N3O2/c1-8(2)11-13(17)15-12(14-11)10-7-16(9(3)4)5-6-18-10/h8-11H,5-7H2,1-4H3,(H,14,15,17). The summed E-state index contributed by atoms with van der Waals surface area (Å²) in [4.78, 5) is 18.6. The third-order valence-electron chi connectivity index (χ3n) is 3.56. The van der Waals surface area contributed by atoms with Crippen molar-refractivity contribution < 1.29 is 9.53 Å². The SMILES string of the molecule is CC(C)C1N=C(C2CN(C(C)C)CCO2)NC1=O. The average Bonchev–Trinajstić information content (AvgIpc) is 2.71. The lowest BCUT2D eigenvalue weighted by Crippen LogP contribution is -2.51. The van der Waals surface area contributed by atoms with Crippen LogP contribution in [0.1, 0.15) is 27.7 Å². The Morgan fingerprint density at radius 1 is 1.39 bits per heavy atom. The molecule has 2 unspecified atom stereocenters. The largest absolute Gasteiger partial charge is 0.368 e. The molecule has 18 heavy (non-hydrogen) atoms. The number of carbonyl (C=O) groups is 1. The van der Waals surface area contributed by atoms with E-state index in [0.717, 1.165) is 13.1 Å². The summed E-state index contributed by atoms with van der Waals surface area (Å²) in [6.07, 6.45) is -0.0890. The zero-order chi connectivity index (χ0) is 13.3. The molecule has 2 aliphatic rings. The molecule has 0 aromatic heterocycles. The number of nitrogens with zero attached hydrogens (tertiary/aromatic N) is 2. The van der Waals surface area contributed by atoms with Crippen LogP contribution in [-0.2, 0) is 9.53 Å². The molecule has 1 amide bonds. The second-order valence-electron chi connectivity index (χ2n) is 5.64. The Bertz CT molecular complexity index is 352. The van der Waals surface area contributed by atoms with E-state index in [2.05, 4.69) is 29.1 Å². The third-order valence-corrected chi connectivity index (χ3v) is 3.56. The van der Waals surface area contributed by atoms with Crippen LogP contribution in [0, 0.1) is 5.92 Å². The van der Waals surface area contributed by atoms with Crippen molar-refractivity contribution >= 4 is 11.7 Å². The molecule has 0 aliphatic carbocycles. The molecule has 5 heteroatoms. The predicted octanol–water partition coefficient (Wildman–Crippen LogP) is 0.649. The Labute approximate surface area is 109 Å². The molecule has 5 nitrogen and oxygen atoms in total. The highest BCUT2D eigenvalue weighted by Gasteiger charge is 2.35. The van der Waals surface area contributed by atoms with Crippen LogP contribution >= 0.6 is 0 Å². The summed E-state index contributed by atoms with van der Waals surface area (Å²) in [5, 5.41) is 2.87. The second-order valence-corrected chi connectivity index (χ2v) is 5.64. The minimum Gasteiger partial charge on any atom is -0.368 e. The fourth-order valence-electron chi connectivity index (χ4n) is 2.36. The average molecular weight is 253 g/mol. The van der Waals surface area contributed by atoms with Crippen molar-refractivity contribution in [2.75, 3.05) is 19.7 Å². The Morgan fingerprint density at radius 2 is 2.11 bits per heavy atom. The second kappa shape index (κ2) is 5.36. The summed E-state index contributed by atoms with van der Waals surface area (Å²) >= 11 is 0. The maximum Gasteiger partial charge on any atom is 0.250 e. The molecule has 0 radical (unpaired) electrons. The molecule has 0 spiro atoms. The number of amides is 1. The Morgan fingerprint density at radius 3 is 2.67 bits per heavy atom. The van der Waals surface area contributed by atoms with E-state index in [4.69, 9.17) is 4.74 Å². The number of rotatable bonds is 3. The van der Waals surface area contributed by atoms with E-state index < -0.39 is 0 Å². The van der Waals surface area contributed by atoms with Gasteiger partial charge in [0.05, 0.1) is 6.61 Å². The number of amidine groups is 1. The topological polar surface area (TPSA) is 53.9 Å². The molecule has 1 N–H and O–H groups in total. The van der Waals surface area contributed by atoms with E-state index in [0.29, 0.717) is 18.5 Å². The van der Waals surface area contributed by atoms with Gasteiger partial charge in [0.25, 0.3) is 0 Å². The van der Waals surface area contributed by atoms with Crippen molar-refractivity contribution in [1.29, 1.82) is 0 Å². The number of carbonyl (C=O) groups excluding carboxylic acids is 1. The van der Waals surface area contributed by atoms with E-state index >= 15 is 0 Å². The van der Waals surface area contributed by atoms with Gasteiger partial charge in [-0.05, 0) is 19.8 Å². The zero-order valence-corrected chi connectivity index (χ0v) is 11.6. The van der Waals surface area contributed by atoms with Gasteiger partial charge in [0.2, 0.25) is 5.91 Å². The van der Waals surface area contributed by atoms with Crippen molar-refractivity contribution in [2.24, 2.45) is 10.9 Å². The molecule has 1 saturated heterocycles. The number of hydrogen-bond donors (Lipinski definition) is 1. The smallest absolute Gasteiger partial charge is 0.250 e. The number of nitrogens with one attached hydrogen (secondary N) is 1. The third kappa shape index (κ3) is 2.72. The van der Waals surface area contributed by atoms with E-state index in [1.54, 1.807) is 0 Å². The van der Waals surface area contributed by atoms with Crippen LogP contribution in [0.3, 0.4) is 0 Å². The molecular weight excluding hydrogens is 230 g/mol. The summed E-state index contributed by atoms with van der Waals surface area (Å²) in [6.45, 7) is 10.8. The first-order valence-corrected chi connectivity index (χ1v) is 6.73. The molecule has 2 heterocycles. The number of aliphatic imine (C=N–C) groups is 1. The van der Waals surface area contributed by atoms with Crippen LogP contribution in [0.2, 0.25) is 0 Å². The number of ether oxygens (including phenoxy) is 1. The lowest BCUT2D eigenvalue weighted by molar-refractivity contribution is -0.121. The van der Waals surface area contributed by atoms with E-state index in [1.807, 2.05) is 13.8 Å². The van der Waals surface area contributed by atoms with Crippen molar-refractivity contribution in [1.82, 2.24) is 10.2 Å². The first kappa shape index (κ1) is 13.5. The molecule has 0 saturated carbocycles. The summed E-state index contributed by atoms with van der Waals surface area (Å²) in [5.74, 6) is 0.946. The summed E-state index contributed by atoms with van der Waals surface area (Å²) in [5.41, 5.74) is 0. The van der Waals surface area contributed by atoms with Gasteiger partial charge < -0.3 is 10.1 Å². The Balaban J connectivity index is 2.04. The minimum absolute atomic E-state index is 0.00488. The first-order chi connectivity index (χ1) is 8.49. The molecule has 2 aliphatic heterocycles. The lowest BCUT2D eigenvalue weighted by Gasteiger charge is -2.35. The fourth-order valence-corrected chi connectivity index (χ4v) is 2.36. The number of hydrogen-bond acceptors (Lipinski definition) is 4. The van der Waals surface area contributed by atoms with Gasteiger partial charge in [0.15, 0.2) is 0 Å². The van der Waals surface area contributed by atoms with Gasteiger partial charge in [-0.3, -0.25) is 14.7 Å². The van der Waals surface area contributed by atoms with Gasteiger partial charge in [-0.25, -0.2) is 0 Å². The van der Waals surface area contributed by atoms with Gasteiger partial charge in [0.1, 0.15) is 18.0 Å². The molecular formula is C13H23N3O2. The van der Waals surface area contributed by atoms with Crippen LogP contribution in [0.5, 0.6) is 0 Å². The number of morpholine rings is 1. The highest BCUT2D eigenvalue weighted by molar-refractivity contribution is 6.07. The van der Waals surface area contributed by atoms with Crippen molar-refractivity contribution in [3.63, 3.8) is 0 Å². The highest BCUT2D eigenvalue weighted by atomic mass is 16.5. The summed E-state index contributed by atoms with van der Waals surface area (Å²) < 4.78 is 5.73. The maximum atomic E-state index is 11.8. The van der Waals surface area contributed by atoms with E-state index in [1.165, 1.54) is 0 Å². The Hall–Kier alpha value is -0.940. The van der Waals surface area contributed by atoms with Crippen LogP contribution in [-0.4, -0.2) is 54.5 Å². The summed E-state index contributed by atoms with van der Waals surface area (Å²) in [6, 6.07) is 0.244. The quantitative estimate of drug-likeness (QED) is 0.803. The molecule has 2 rings (SSSR count). The van der Waals surface area contributed by atoms with Crippen LogP contribution in [0.4, 0.5) is 0 Å². The minimum atomic E-state index is -0.252. The molecule has 0 aromatic rings. The Kier molecular flexibility index (Phi) is 4.02. The van der Waals surface area contributed by atoms with E-state index in [9.17, 15) is 4.79 Å². The highest BCUT2D eigenvalue weighted by Crippen LogP contribution is 2.16. The predicted molar refractivity (Wildman–Crippen MR) is 70.7 cm³/mol. The van der Waals surface area contributed by atoms with Crippen LogP contribution in [0.15, 0.2) is 4.99 Å². The maximum absolute atomic E-state index is 11.8. The van der Waals surface area contributed by atoms with Crippen molar-refractivity contribution in [3.8, 4) is 0 Å². The molecule has 2 atom stereocenters. The van der Waals surface area contributed by atoms with Crippen molar-refractivity contribution in [3.05, 3.63) is 0 Å². The van der Waals surface area contributed by atoms with Crippen LogP contribution < -0.4 is 5.32 Å². The lowest BCUT2D eigenvalue weighted by atomic mass is 10.1.